The molecule has 10 aromatic rings. The molecule has 0 fully saturated rings. The van der Waals surface area contributed by atoms with Crippen molar-refractivity contribution in [3.63, 3.8) is 0 Å². The normalized spacial score (nSPS) is 13.9. The van der Waals surface area contributed by atoms with E-state index in [1.165, 1.54) is 66.4 Å². The van der Waals surface area contributed by atoms with Gasteiger partial charge in [-0.3, -0.25) is 0 Å². The Kier molecular flexibility index (Phi) is 8.72. The fraction of sp³-hybridized carbons (Fsp3) is 0.0167. The molecule has 3 nitrogen and oxygen atoms in total. The van der Waals surface area contributed by atoms with Crippen LogP contribution in [0.5, 0.6) is 0 Å². The van der Waals surface area contributed by atoms with E-state index in [-0.39, 0.29) is 0 Å². The number of hydrogen-bond donors (Lipinski definition) is 0. The number of aromatic nitrogens is 2. The molecule has 12 rings (SSSR count). The predicted molar refractivity (Wildman–Crippen MR) is 264 cm³/mol. The SMILES string of the molecule is C=C1/C=C\C=C/N(c2ccccc2)c2ccc(-c3ccc4c(c3)c3ccccc3n4-c3ccc4c(c3)Cc3cc(-c5cc(-c6ccccc6)nc(-c6ccccc6)c5)ccc3-4)cc21. The molecule has 3 heterocycles. The molecular formula is C60H41N3. The molecule has 0 amide bonds. The van der Waals surface area contributed by atoms with Gasteiger partial charge in [-0.15, -0.1) is 0 Å². The number of hydrogen-bond acceptors (Lipinski definition) is 2. The van der Waals surface area contributed by atoms with Crippen molar-refractivity contribution >= 4 is 38.8 Å². The third kappa shape index (κ3) is 6.41. The zero-order chi connectivity index (χ0) is 41.9. The topological polar surface area (TPSA) is 21.1 Å². The van der Waals surface area contributed by atoms with Crippen LogP contribution in [0.25, 0.3) is 89.0 Å². The van der Waals surface area contributed by atoms with E-state index in [2.05, 4.69) is 241 Å². The van der Waals surface area contributed by atoms with Gasteiger partial charge in [0.2, 0.25) is 0 Å². The standard InChI is InChI=1S/C60H41N3/c1-40-15-13-14-32-62(49-20-9-4-10-21-49)58-30-25-44(36-54(40)58)45-26-31-60-55(37-45)53-22-11-12-23-59(53)63(60)50-27-29-52-48(35-50)34-47-33-43(24-28-51(47)52)46-38-56(41-16-5-2-6-17-41)61-57(39-46)42-18-7-3-8-19-42/h2-33,35-39H,1,34H2/b15-13-,32-14-. The summed E-state index contributed by atoms with van der Waals surface area (Å²) in [5.74, 6) is 0. The van der Waals surface area contributed by atoms with Crippen LogP contribution in [0.2, 0.25) is 0 Å². The highest BCUT2D eigenvalue weighted by Crippen LogP contribution is 2.43. The minimum atomic E-state index is 0.881. The van der Waals surface area contributed by atoms with Crippen LogP contribution >= 0.6 is 0 Å². The maximum atomic E-state index is 5.13. The molecule has 0 bridgehead atoms. The maximum absolute atomic E-state index is 5.13. The van der Waals surface area contributed by atoms with Gasteiger partial charge in [-0.25, -0.2) is 4.98 Å². The molecule has 0 unspecified atom stereocenters. The molecule has 0 saturated heterocycles. The van der Waals surface area contributed by atoms with Crippen LogP contribution in [0.1, 0.15) is 16.7 Å². The average molecular weight is 804 g/mol. The van der Waals surface area contributed by atoms with Crippen LogP contribution in [0.15, 0.2) is 231 Å². The highest BCUT2D eigenvalue weighted by atomic mass is 15.1. The van der Waals surface area contributed by atoms with Gasteiger partial charge in [0, 0.05) is 45.0 Å². The molecule has 0 N–H and O–H groups in total. The van der Waals surface area contributed by atoms with E-state index in [0.29, 0.717) is 0 Å². The summed E-state index contributed by atoms with van der Waals surface area (Å²) in [7, 11) is 0. The summed E-state index contributed by atoms with van der Waals surface area (Å²) in [5, 5.41) is 2.47. The average Bonchev–Trinajstić information content (AvgIpc) is 3.88. The first-order valence-corrected chi connectivity index (χ1v) is 21.6. The Morgan fingerprint density at radius 1 is 0.413 bits per heavy atom. The lowest BCUT2D eigenvalue weighted by atomic mass is 9.95. The number of benzene rings is 8. The summed E-state index contributed by atoms with van der Waals surface area (Å²) in [6.07, 6.45) is 9.23. The third-order valence-corrected chi connectivity index (χ3v) is 12.7. The van der Waals surface area contributed by atoms with Crippen molar-refractivity contribution in [1.29, 1.82) is 0 Å². The predicted octanol–water partition coefficient (Wildman–Crippen LogP) is 15.7. The third-order valence-electron chi connectivity index (χ3n) is 12.7. The molecule has 2 aliphatic rings. The van der Waals surface area contributed by atoms with Gasteiger partial charge in [-0.2, -0.15) is 0 Å². The molecule has 63 heavy (non-hydrogen) atoms. The summed E-state index contributed by atoms with van der Waals surface area (Å²) in [6, 6.07) is 72.4. The molecule has 3 heteroatoms. The first-order chi connectivity index (χ1) is 31.1. The summed E-state index contributed by atoms with van der Waals surface area (Å²) in [4.78, 5) is 7.37. The van der Waals surface area contributed by atoms with Crippen molar-refractivity contribution in [3.05, 3.63) is 248 Å². The van der Waals surface area contributed by atoms with Crippen molar-refractivity contribution in [2.24, 2.45) is 0 Å². The van der Waals surface area contributed by atoms with Crippen LogP contribution in [-0.2, 0) is 6.42 Å². The molecule has 0 spiro atoms. The molecule has 0 atom stereocenters. The minimum absolute atomic E-state index is 0.881. The zero-order valence-electron chi connectivity index (χ0n) is 34.6. The number of pyridine rings is 1. The highest BCUT2D eigenvalue weighted by Gasteiger charge is 2.22. The fourth-order valence-corrected chi connectivity index (χ4v) is 9.63. The number of para-hydroxylation sites is 2. The van der Waals surface area contributed by atoms with Gasteiger partial charge in [0.05, 0.1) is 28.1 Å². The van der Waals surface area contributed by atoms with E-state index < -0.39 is 0 Å². The van der Waals surface area contributed by atoms with Gasteiger partial charge in [0.25, 0.3) is 0 Å². The van der Waals surface area contributed by atoms with Crippen LogP contribution < -0.4 is 4.90 Å². The van der Waals surface area contributed by atoms with E-state index in [4.69, 9.17) is 4.98 Å². The van der Waals surface area contributed by atoms with E-state index in [1.807, 2.05) is 0 Å². The highest BCUT2D eigenvalue weighted by molar-refractivity contribution is 6.10. The molecular weight excluding hydrogens is 763 g/mol. The number of nitrogens with zero attached hydrogens (tertiary/aromatic N) is 3. The molecule has 1 aliphatic heterocycles. The van der Waals surface area contributed by atoms with Gasteiger partial charge in [-0.05, 0) is 129 Å². The summed E-state index contributed by atoms with van der Waals surface area (Å²) in [5.41, 5.74) is 22.1. The lowest BCUT2D eigenvalue weighted by Crippen LogP contribution is -2.11. The first-order valence-electron chi connectivity index (χ1n) is 21.6. The van der Waals surface area contributed by atoms with Crippen molar-refractivity contribution in [2.75, 3.05) is 4.90 Å². The molecule has 8 aromatic carbocycles. The number of allylic oxidation sites excluding steroid dienone is 4. The monoisotopic (exact) mass is 803 g/mol. The van der Waals surface area contributed by atoms with Crippen molar-refractivity contribution in [2.45, 2.75) is 6.42 Å². The van der Waals surface area contributed by atoms with E-state index >= 15 is 0 Å². The Morgan fingerprint density at radius 3 is 1.78 bits per heavy atom. The fourth-order valence-electron chi connectivity index (χ4n) is 9.63. The second kappa shape index (κ2) is 15.0. The maximum Gasteiger partial charge on any atom is 0.0715 e. The number of rotatable bonds is 6. The number of anilines is 2. The quantitative estimate of drug-likeness (QED) is 0.167. The van der Waals surface area contributed by atoms with Gasteiger partial charge in [0.15, 0.2) is 0 Å². The van der Waals surface area contributed by atoms with Gasteiger partial charge < -0.3 is 9.47 Å². The van der Waals surface area contributed by atoms with E-state index in [0.717, 1.165) is 57.0 Å². The Hall–Kier alpha value is -8.27. The summed E-state index contributed by atoms with van der Waals surface area (Å²) in [6.45, 7) is 4.48. The summed E-state index contributed by atoms with van der Waals surface area (Å²) < 4.78 is 2.44. The van der Waals surface area contributed by atoms with Gasteiger partial charge in [0.1, 0.15) is 0 Å². The van der Waals surface area contributed by atoms with Crippen LogP contribution in [0, 0.1) is 0 Å². The van der Waals surface area contributed by atoms with Crippen molar-refractivity contribution in [1.82, 2.24) is 9.55 Å². The Morgan fingerprint density at radius 2 is 1.02 bits per heavy atom. The molecule has 1 aliphatic carbocycles. The second-order valence-corrected chi connectivity index (χ2v) is 16.5. The lowest BCUT2D eigenvalue weighted by molar-refractivity contribution is 1.16. The molecule has 2 aromatic heterocycles. The largest absolute Gasteiger partial charge is 0.317 e. The van der Waals surface area contributed by atoms with E-state index in [9.17, 15) is 0 Å². The Balaban J connectivity index is 0.902. The number of fused-ring (bicyclic) bond motifs is 7. The smallest absolute Gasteiger partial charge is 0.0715 e. The van der Waals surface area contributed by atoms with Crippen LogP contribution in [0.4, 0.5) is 11.4 Å². The minimum Gasteiger partial charge on any atom is -0.317 e. The van der Waals surface area contributed by atoms with E-state index in [1.54, 1.807) is 0 Å². The van der Waals surface area contributed by atoms with Crippen molar-refractivity contribution in [3.8, 4) is 61.6 Å². The first kappa shape index (κ1) is 36.6. The van der Waals surface area contributed by atoms with Crippen LogP contribution in [0.3, 0.4) is 0 Å². The molecule has 0 radical (unpaired) electrons. The Labute approximate surface area is 367 Å². The Bertz CT molecular complexity index is 3430. The van der Waals surface area contributed by atoms with Gasteiger partial charge in [-0.1, -0.05) is 152 Å². The summed E-state index contributed by atoms with van der Waals surface area (Å²) >= 11 is 0. The zero-order valence-corrected chi connectivity index (χ0v) is 34.6. The van der Waals surface area contributed by atoms with Crippen LogP contribution in [-0.4, -0.2) is 9.55 Å². The van der Waals surface area contributed by atoms with Gasteiger partial charge >= 0.3 is 0 Å². The molecule has 296 valence electrons. The lowest BCUT2D eigenvalue weighted by Gasteiger charge is -2.25. The molecule has 0 saturated carbocycles. The second-order valence-electron chi connectivity index (χ2n) is 16.5. The van der Waals surface area contributed by atoms with Crippen molar-refractivity contribution < 1.29 is 0 Å².